The van der Waals surface area contributed by atoms with Gasteiger partial charge in [-0.05, 0) is 13.0 Å². The van der Waals surface area contributed by atoms with Gasteiger partial charge in [0, 0.05) is 35.4 Å². The summed E-state index contributed by atoms with van der Waals surface area (Å²) in [6.07, 6.45) is -0.721. The summed E-state index contributed by atoms with van der Waals surface area (Å²) in [5.41, 5.74) is 0.863. The summed E-state index contributed by atoms with van der Waals surface area (Å²) in [7, 11) is 2.99. The maximum absolute atomic E-state index is 12.8. The highest BCUT2D eigenvalue weighted by atomic mass is 16.6. The van der Waals surface area contributed by atoms with Crippen molar-refractivity contribution in [1.29, 1.82) is 0 Å². The maximum atomic E-state index is 12.8. The molecule has 0 aromatic heterocycles. The van der Waals surface area contributed by atoms with Crippen LogP contribution in [0.3, 0.4) is 0 Å². The van der Waals surface area contributed by atoms with Gasteiger partial charge in [-0.2, -0.15) is 0 Å². The van der Waals surface area contributed by atoms with Gasteiger partial charge in [0.15, 0.2) is 11.6 Å². The third-order valence-electron chi connectivity index (χ3n) is 4.58. The van der Waals surface area contributed by atoms with Gasteiger partial charge in [0.05, 0.1) is 26.9 Å². The molecule has 1 saturated heterocycles. The first kappa shape index (κ1) is 15.3. The van der Waals surface area contributed by atoms with Crippen LogP contribution < -0.4 is 9.47 Å². The molecule has 0 unspecified atom stereocenters. The third kappa shape index (κ3) is 2.27. The van der Waals surface area contributed by atoms with Crippen molar-refractivity contribution >= 4 is 5.78 Å². The number of methoxy groups -OCH3 is 2. The Bertz CT molecular complexity index is 609. The number of benzene rings is 1. The second-order valence-corrected chi connectivity index (χ2v) is 6.06. The lowest BCUT2D eigenvalue weighted by Gasteiger charge is -2.44. The van der Waals surface area contributed by atoms with Crippen molar-refractivity contribution in [2.24, 2.45) is 11.8 Å². The molecule has 1 aromatic rings. The minimum absolute atomic E-state index is 0.119. The van der Waals surface area contributed by atoms with Crippen LogP contribution >= 0.6 is 0 Å². The largest absolute Gasteiger partial charge is 0.497 e. The van der Waals surface area contributed by atoms with Gasteiger partial charge in [0.25, 0.3) is 0 Å². The van der Waals surface area contributed by atoms with Crippen LogP contribution in [0.15, 0.2) is 12.1 Å². The van der Waals surface area contributed by atoms with Crippen LogP contribution in [0.1, 0.15) is 35.4 Å². The minimum Gasteiger partial charge on any atom is -0.497 e. The van der Waals surface area contributed by atoms with Crippen molar-refractivity contribution in [2.75, 3.05) is 20.8 Å². The van der Waals surface area contributed by atoms with Crippen LogP contribution in [-0.2, 0) is 4.74 Å². The number of hydrogen-bond acceptors (Lipinski definition) is 6. The predicted molar refractivity (Wildman–Crippen MR) is 77.0 cm³/mol. The fourth-order valence-corrected chi connectivity index (χ4v) is 3.42. The molecule has 0 bridgehead atoms. The van der Waals surface area contributed by atoms with E-state index in [0.717, 1.165) is 0 Å². The highest BCUT2D eigenvalue weighted by Gasteiger charge is 2.49. The van der Waals surface area contributed by atoms with Crippen LogP contribution in [0.2, 0.25) is 0 Å². The molecule has 3 rings (SSSR count). The van der Waals surface area contributed by atoms with E-state index in [4.69, 9.17) is 14.2 Å². The second-order valence-electron chi connectivity index (χ2n) is 6.06. The zero-order valence-electron chi connectivity index (χ0n) is 12.8. The molecule has 1 aliphatic carbocycles. The molecule has 120 valence electrons. The molecule has 0 spiro atoms. The summed E-state index contributed by atoms with van der Waals surface area (Å²) in [6.45, 7) is 1.66. The van der Waals surface area contributed by atoms with Crippen LogP contribution in [-0.4, -0.2) is 42.6 Å². The summed E-state index contributed by atoms with van der Waals surface area (Å²) in [6, 6.07) is 3.26. The monoisotopic (exact) mass is 308 g/mol. The van der Waals surface area contributed by atoms with Gasteiger partial charge in [-0.3, -0.25) is 4.79 Å². The average molecular weight is 308 g/mol. The molecule has 1 aliphatic heterocycles. The molecular formula is C16H20O6. The lowest BCUT2D eigenvalue weighted by atomic mass is 9.69. The molecule has 2 aliphatic rings. The van der Waals surface area contributed by atoms with E-state index >= 15 is 0 Å². The predicted octanol–water partition coefficient (Wildman–Crippen LogP) is 1.29. The van der Waals surface area contributed by atoms with Gasteiger partial charge < -0.3 is 24.4 Å². The molecule has 0 amide bonds. The molecule has 0 saturated carbocycles. The number of rotatable bonds is 2. The van der Waals surface area contributed by atoms with Crippen molar-refractivity contribution in [2.45, 2.75) is 25.2 Å². The molecule has 4 atom stereocenters. The van der Waals surface area contributed by atoms with Gasteiger partial charge >= 0.3 is 0 Å². The number of carbonyl (C=O) groups is 1. The quantitative estimate of drug-likeness (QED) is 0.856. The molecule has 22 heavy (non-hydrogen) atoms. The van der Waals surface area contributed by atoms with Crippen molar-refractivity contribution in [3.05, 3.63) is 23.3 Å². The van der Waals surface area contributed by atoms with E-state index in [9.17, 15) is 15.0 Å². The fraction of sp³-hybridized carbons (Fsp3) is 0.562. The molecule has 1 heterocycles. The average Bonchev–Trinajstić information content (AvgIpc) is 2.50. The molecule has 6 heteroatoms. The number of fused-ring (bicyclic) bond motifs is 2. The van der Waals surface area contributed by atoms with E-state index in [2.05, 4.69) is 0 Å². The number of ether oxygens (including phenoxy) is 3. The Hall–Kier alpha value is -1.63. The van der Waals surface area contributed by atoms with E-state index in [-0.39, 0.29) is 24.7 Å². The van der Waals surface area contributed by atoms with E-state index in [1.54, 1.807) is 12.1 Å². The lowest BCUT2D eigenvalue weighted by Crippen LogP contribution is -2.49. The molecule has 0 radical (unpaired) electrons. The van der Waals surface area contributed by atoms with Crippen LogP contribution in [0.25, 0.3) is 0 Å². The Kier molecular flexibility index (Phi) is 3.63. The first-order valence-electron chi connectivity index (χ1n) is 7.22. The lowest BCUT2D eigenvalue weighted by molar-refractivity contribution is -0.242. The number of aliphatic hydroxyl groups excluding tert-OH is 1. The second kappa shape index (κ2) is 5.22. The zero-order valence-corrected chi connectivity index (χ0v) is 12.8. The minimum atomic E-state index is -1.35. The van der Waals surface area contributed by atoms with Gasteiger partial charge in [-0.1, -0.05) is 0 Å². The van der Waals surface area contributed by atoms with E-state index in [1.807, 2.05) is 0 Å². The summed E-state index contributed by atoms with van der Waals surface area (Å²) in [4.78, 5) is 12.8. The van der Waals surface area contributed by atoms with Gasteiger partial charge in [0.2, 0.25) is 0 Å². The number of hydrogen-bond donors (Lipinski definition) is 2. The van der Waals surface area contributed by atoms with E-state index in [0.29, 0.717) is 22.6 Å². The summed E-state index contributed by atoms with van der Waals surface area (Å²) >= 11 is 0. The van der Waals surface area contributed by atoms with Crippen molar-refractivity contribution in [1.82, 2.24) is 0 Å². The first-order valence-corrected chi connectivity index (χ1v) is 7.22. The van der Waals surface area contributed by atoms with E-state index < -0.39 is 17.8 Å². The Morgan fingerprint density at radius 1 is 1.32 bits per heavy atom. The summed E-state index contributed by atoms with van der Waals surface area (Å²) in [5.74, 6) is -1.42. The topological polar surface area (TPSA) is 85.2 Å². The Morgan fingerprint density at radius 3 is 2.68 bits per heavy atom. The number of aliphatic hydroxyl groups is 2. The Morgan fingerprint density at radius 2 is 2.05 bits per heavy atom. The number of ketones is 1. The number of carbonyl (C=O) groups excluding carboxylic acids is 1. The SMILES string of the molecule is COc1cc(OC)c2c(c1)C(=O)[C@@H]1C[C@](C)(O)OC[C@H]1[C@@H]2O. The summed E-state index contributed by atoms with van der Waals surface area (Å²) in [5, 5.41) is 20.7. The number of Topliss-reactive ketones (excluding diaryl/α,β-unsaturated/α-hetero) is 1. The van der Waals surface area contributed by atoms with Crippen LogP contribution in [0, 0.1) is 11.8 Å². The molecule has 1 aromatic carbocycles. The van der Waals surface area contributed by atoms with Crippen molar-refractivity contribution < 1.29 is 29.2 Å². The Labute approximate surface area is 128 Å². The third-order valence-corrected chi connectivity index (χ3v) is 4.58. The maximum Gasteiger partial charge on any atom is 0.167 e. The standard InChI is InChI=1S/C16H20O6/c1-16(19)6-10-11(7-22-16)15(18)13-9(14(10)17)4-8(20-2)5-12(13)21-3/h4-5,10-11,15,18-19H,6-7H2,1-3H3/t10-,11-,15+,16-/m1/s1. The van der Waals surface area contributed by atoms with Crippen molar-refractivity contribution in [3.63, 3.8) is 0 Å². The highest BCUT2D eigenvalue weighted by Crippen LogP contribution is 2.48. The van der Waals surface area contributed by atoms with E-state index in [1.165, 1.54) is 21.1 Å². The van der Waals surface area contributed by atoms with Gasteiger partial charge in [-0.25, -0.2) is 0 Å². The smallest absolute Gasteiger partial charge is 0.167 e. The normalized spacial score (nSPS) is 33.9. The van der Waals surface area contributed by atoms with Crippen LogP contribution in [0.4, 0.5) is 0 Å². The fourth-order valence-electron chi connectivity index (χ4n) is 3.42. The van der Waals surface area contributed by atoms with Crippen molar-refractivity contribution in [3.8, 4) is 11.5 Å². The van der Waals surface area contributed by atoms with Crippen LogP contribution in [0.5, 0.6) is 11.5 Å². The first-order chi connectivity index (χ1) is 10.4. The summed E-state index contributed by atoms with van der Waals surface area (Å²) < 4.78 is 15.9. The zero-order chi connectivity index (χ0) is 16.1. The highest BCUT2D eigenvalue weighted by molar-refractivity contribution is 6.02. The van der Waals surface area contributed by atoms with Gasteiger partial charge in [0.1, 0.15) is 11.5 Å². The molecule has 1 fully saturated rings. The molecule has 6 nitrogen and oxygen atoms in total. The van der Waals surface area contributed by atoms with Gasteiger partial charge in [-0.15, -0.1) is 0 Å². The molecular weight excluding hydrogens is 288 g/mol. The molecule has 2 N–H and O–H groups in total. The Balaban J connectivity index is 2.12.